The van der Waals surface area contributed by atoms with E-state index in [0.29, 0.717) is 12.6 Å². The van der Waals surface area contributed by atoms with E-state index in [1.165, 1.54) is 32.4 Å². The third kappa shape index (κ3) is 4.04. The van der Waals surface area contributed by atoms with Gasteiger partial charge in [-0.2, -0.15) is 0 Å². The molecule has 0 aromatic rings. The second-order valence-corrected chi connectivity index (χ2v) is 6.14. The molecule has 2 N–H and O–H groups in total. The van der Waals surface area contributed by atoms with Gasteiger partial charge in [0, 0.05) is 32.8 Å². The molecule has 3 aliphatic rings. The average molecular weight is 285 g/mol. The van der Waals surface area contributed by atoms with E-state index in [2.05, 4.69) is 22.5 Å². The summed E-state index contributed by atoms with van der Waals surface area (Å²) in [6.07, 6.45) is 4.07. The summed E-state index contributed by atoms with van der Waals surface area (Å²) in [5, 5.41) is 7.27. The van der Waals surface area contributed by atoms with Crippen LogP contribution in [0.25, 0.3) is 0 Å². The van der Waals surface area contributed by atoms with Crippen molar-refractivity contribution in [3.8, 4) is 0 Å². The maximum Gasteiger partial charge on any atom is 0.166 e. The average Bonchev–Trinajstić information content (AvgIpc) is 2.46. The molecule has 3 saturated heterocycles. The van der Waals surface area contributed by atoms with Crippen LogP contribution in [0.15, 0.2) is 0 Å². The lowest BCUT2D eigenvalue weighted by atomic mass is 9.74. The summed E-state index contributed by atoms with van der Waals surface area (Å²) >= 11 is 5.27. The molecule has 0 saturated carbocycles. The molecule has 110 valence electrons. The number of ether oxygens (including phenoxy) is 1. The zero-order valence-electron chi connectivity index (χ0n) is 12.2. The van der Waals surface area contributed by atoms with Crippen LogP contribution in [0.4, 0.5) is 0 Å². The quantitative estimate of drug-likeness (QED) is 0.567. The Balaban J connectivity index is 1.68. The van der Waals surface area contributed by atoms with Gasteiger partial charge in [0.15, 0.2) is 5.11 Å². The van der Waals surface area contributed by atoms with E-state index in [9.17, 15) is 0 Å². The van der Waals surface area contributed by atoms with Crippen LogP contribution >= 0.6 is 12.2 Å². The summed E-state index contributed by atoms with van der Waals surface area (Å²) in [5.41, 5.74) is 0. The molecular weight excluding hydrogens is 258 g/mol. The topological polar surface area (TPSA) is 36.5 Å². The van der Waals surface area contributed by atoms with Gasteiger partial charge in [-0.15, -0.1) is 0 Å². The number of nitrogens with one attached hydrogen (secondary N) is 2. The molecule has 0 aromatic heterocycles. The van der Waals surface area contributed by atoms with Crippen LogP contribution in [0.1, 0.15) is 26.2 Å². The maximum absolute atomic E-state index is 5.27. The van der Waals surface area contributed by atoms with Crippen LogP contribution in [-0.2, 0) is 4.74 Å². The minimum absolute atomic E-state index is 0.670. The van der Waals surface area contributed by atoms with Crippen molar-refractivity contribution in [2.45, 2.75) is 32.2 Å². The minimum atomic E-state index is 0.670. The molecule has 4 atom stereocenters. The molecule has 4 nitrogen and oxygen atoms in total. The number of rotatable bonds is 6. The highest BCUT2D eigenvalue weighted by atomic mass is 32.1. The Morgan fingerprint density at radius 2 is 2.26 bits per heavy atom. The molecule has 4 unspecified atom stereocenters. The molecule has 5 heteroatoms. The number of hydrogen-bond acceptors (Lipinski definition) is 3. The summed E-state index contributed by atoms with van der Waals surface area (Å²) in [5.74, 6) is 1.87. The molecule has 3 heterocycles. The van der Waals surface area contributed by atoms with E-state index in [0.717, 1.165) is 30.0 Å². The fourth-order valence-corrected chi connectivity index (χ4v) is 3.65. The Hall–Kier alpha value is -0.390. The molecule has 0 radical (unpaired) electrons. The first-order valence-electron chi connectivity index (χ1n) is 7.49. The molecule has 2 bridgehead atoms. The molecule has 3 fully saturated rings. The predicted octanol–water partition coefficient (Wildman–Crippen LogP) is 1.22. The van der Waals surface area contributed by atoms with Crippen LogP contribution in [0, 0.1) is 11.8 Å². The van der Waals surface area contributed by atoms with E-state index in [1.54, 1.807) is 7.11 Å². The normalized spacial score (nSPS) is 33.2. The van der Waals surface area contributed by atoms with Crippen LogP contribution in [0.3, 0.4) is 0 Å². The zero-order chi connectivity index (χ0) is 13.7. The highest BCUT2D eigenvalue weighted by molar-refractivity contribution is 7.80. The number of nitrogens with zero attached hydrogens (tertiary/aromatic N) is 1. The number of piperidine rings is 3. The Bertz CT molecular complexity index is 300. The van der Waals surface area contributed by atoms with E-state index < -0.39 is 0 Å². The van der Waals surface area contributed by atoms with Crippen molar-refractivity contribution < 1.29 is 4.74 Å². The molecular formula is C14H27N3OS. The summed E-state index contributed by atoms with van der Waals surface area (Å²) in [6, 6.07) is 0.670. The van der Waals surface area contributed by atoms with Gasteiger partial charge in [-0.25, -0.2) is 0 Å². The van der Waals surface area contributed by atoms with Crippen molar-refractivity contribution >= 4 is 17.3 Å². The first-order chi connectivity index (χ1) is 9.24. The first kappa shape index (κ1) is 15.0. The number of thiocarbonyl (C=S) groups is 1. The van der Waals surface area contributed by atoms with Gasteiger partial charge >= 0.3 is 0 Å². The zero-order valence-corrected chi connectivity index (χ0v) is 13.0. The van der Waals surface area contributed by atoms with E-state index in [1.807, 2.05) is 0 Å². The fourth-order valence-electron chi connectivity index (χ4n) is 3.46. The highest BCUT2D eigenvalue weighted by Gasteiger charge is 2.38. The van der Waals surface area contributed by atoms with Gasteiger partial charge in [0.2, 0.25) is 0 Å². The Labute approximate surface area is 122 Å². The fraction of sp³-hybridized carbons (Fsp3) is 0.929. The molecule has 0 spiro atoms. The van der Waals surface area contributed by atoms with E-state index in [-0.39, 0.29) is 0 Å². The van der Waals surface area contributed by atoms with Crippen molar-refractivity contribution in [3.05, 3.63) is 0 Å². The van der Waals surface area contributed by atoms with Gasteiger partial charge in [-0.3, -0.25) is 4.90 Å². The molecule has 3 rings (SSSR count). The third-order valence-corrected chi connectivity index (χ3v) is 4.92. The second-order valence-electron chi connectivity index (χ2n) is 5.73. The number of hydrogen-bond donors (Lipinski definition) is 2. The number of fused-ring (bicyclic) bond motifs is 3. The van der Waals surface area contributed by atoms with Crippen molar-refractivity contribution in [3.63, 3.8) is 0 Å². The Morgan fingerprint density at radius 1 is 1.42 bits per heavy atom. The summed E-state index contributed by atoms with van der Waals surface area (Å²) in [4.78, 5) is 2.65. The SMILES string of the molecule is CCC1CN2CCC1CC2CNC(=S)NCCOC. The maximum atomic E-state index is 5.27. The second kappa shape index (κ2) is 7.41. The third-order valence-electron chi connectivity index (χ3n) is 4.63. The summed E-state index contributed by atoms with van der Waals surface area (Å²) in [6.45, 7) is 7.34. The van der Waals surface area contributed by atoms with Crippen LogP contribution in [0.2, 0.25) is 0 Å². The van der Waals surface area contributed by atoms with Gasteiger partial charge in [0.1, 0.15) is 0 Å². The lowest BCUT2D eigenvalue weighted by Gasteiger charge is -2.50. The lowest BCUT2D eigenvalue weighted by molar-refractivity contribution is 0.00205. The number of methoxy groups -OCH3 is 1. The summed E-state index contributed by atoms with van der Waals surface area (Å²) < 4.78 is 4.99. The molecule has 0 aromatic carbocycles. The summed E-state index contributed by atoms with van der Waals surface area (Å²) in [7, 11) is 1.70. The van der Waals surface area contributed by atoms with Crippen LogP contribution < -0.4 is 10.6 Å². The van der Waals surface area contributed by atoms with Gasteiger partial charge in [0.25, 0.3) is 0 Å². The Morgan fingerprint density at radius 3 is 2.89 bits per heavy atom. The van der Waals surface area contributed by atoms with Crippen molar-refractivity contribution in [2.75, 3.05) is 39.9 Å². The van der Waals surface area contributed by atoms with E-state index >= 15 is 0 Å². The van der Waals surface area contributed by atoms with Crippen LogP contribution in [0.5, 0.6) is 0 Å². The standard InChI is InChI=1S/C14H27N3OS/c1-3-11-10-17-6-4-12(11)8-13(17)9-16-14(19)15-5-7-18-2/h11-13H,3-10H2,1-2H3,(H2,15,16,19). The van der Waals surface area contributed by atoms with Crippen molar-refractivity contribution in [2.24, 2.45) is 11.8 Å². The van der Waals surface area contributed by atoms with E-state index in [4.69, 9.17) is 17.0 Å². The van der Waals surface area contributed by atoms with Gasteiger partial charge < -0.3 is 15.4 Å². The predicted molar refractivity (Wildman–Crippen MR) is 82.3 cm³/mol. The Kier molecular flexibility index (Phi) is 5.85. The van der Waals surface area contributed by atoms with Gasteiger partial charge in [-0.05, 0) is 43.4 Å². The lowest BCUT2D eigenvalue weighted by Crippen LogP contribution is -2.57. The molecule has 3 aliphatic heterocycles. The van der Waals surface area contributed by atoms with Crippen molar-refractivity contribution in [1.82, 2.24) is 15.5 Å². The largest absolute Gasteiger partial charge is 0.383 e. The van der Waals surface area contributed by atoms with Crippen LogP contribution in [-0.4, -0.2) is 55.9 Å². The minimum Gasteiger partial charge on any atom is -0.383 e. The molecule has 19 heavy (non-hydrogen) atoms. The van der Waals surface area contributed by atoms with Gasteiger partial charge in [-0.1, -0.05) is 13.3 Å². The first-order valence-corrected chi connectivity index (χ1v) is 7.90. The smallest absolute Gasteiger partial charge is 0.166 e. The molecule has 0 amide bonds. The monoisotopic (exact) mass is 285 g/mol. The molecule has 0 aliphatic carbocycles. The highest BCUT2D eigenvalue weighted by Crippen LogP contribution is 2.37. The van der Waals surface area contributed by atoms with Gasteiger partial charge in [0.05, 0.1) is 6.61 Å². The van der Waals surface area contributed by atoms with Crippen molar-refractivity contribution in [1.29, 1.82) is 0 Å².